The Balaban J connectivity index is 1.10. The van der Waals surface area contributed by atoms with Crippen LogP contribution in [0.4, 0.5) is 45.5 Å². The molecule has 8 aromatic rings. The molecule has 7 aliphatic rings. The number of benzene rings is 7. The maximum atomic E-state index is 2.90. The second kappa shape index (κ2) is 14.9. The molecule has 5 heterocycles. The van der Waals surface area contributed by atoms with E-state index in [1.54, 1.807) is 5.56 Å². The number of aryl methyl sites for hydroxylation is 2. The van der Waals surface area contributed by atoms with Gasteiger partial charge < -0.3 is 14.7 Å². The zero-order valence-corrected chi connectivity index (χ0v) is 48.7. The molecule has 3 unspecified atom stereocenters. The molecule has 384 valence electrons. The summed E-state index contributed by atoms with van der Waals surface area (Å²) in [4.78, 5) is 8.42. The van der Waals surface area contributed by atoms with Crippen molar-refractivity contribution in [2.45, 2.75) is 186 Å². The van der Waals surface area contributed by atoms with E-state index in [0.717, 1.165) is 12.8 Å². The lowest BCUT2D eigenvalue weighted by atomic mass is 9.33. The molecule has 0 radical (unpaired) electrons. The fraction of sp³-hybridized carbons (Fsp3) is 0.408. The lowest BCUT2D eigenvalue weighted by Gasteiger charge is -2.51. The molecule has 0 spiro atoms. The Morgan fingerprint density at radius 1 is 0.487 bits per heavy atom. The third-order valence-electron chi connectivity index (χ3n) is 21.8. The third-order valence-corrected chi connectivity index (χ3v) is 23.0. The topological polar surface area (TPSA) is 9.72 Å². The van der Waals surface area contributed by atoms with Gasteiger partial charge in [-0.15, -0.1) is 11.3 Å². The van der Waals surface area contributed by atoms with Gasteiger partial charge >= 0.3 is 0 Å². The fourth-order valence-electron chi connectivity index (χ4n) is 17.1. The molecule has 6 bridgehead atoms. The van der Waals surface area contributed by atoms with E-state index in [4.69, 9.17) is 0 Å². The van der Waals surface area contributed by atoms with Gasteiger partial charge in [-0.25, -0.2) is 0 Å². The van der Waals surface area contributed by atoms with E-state index in [-0.39, 0.29) is 44.7 Å². The van der Waals surface area contributed by atoms with Crippen molar-refractivity contribution < 1.29 is 0 Å². The van der Waals surface area contributed by atoms with Crippen LogP contribution in [-0.2, 0) is 32.5 Å². The molecule has 4 aliphatic heterocycles. The van der Waals surface area contributed by atoms with Crippen molar-refractivity contribution in [3.8, 4) is 0 Å². The summed E-state index contributed by atoms with van der Waals surface area (Å²) in [5.74, 6) is 0. The third kappa shape index (κ3) is 5.92. The minimum Gasteiger partial charge on any atom is -0.334 e. The van der Waals surface area contributed by atoms with Crippen molar-refractivity contribution in [3.63, 3.8) is 0 Å². The molecule has 1 fully saturated rings. The maximum Gasteiger partial charge on any atom is 0.252 e. The second-order valence-corrected chi connectivity index (χ2v) is 29.8. The van der Waals surface area contributed by atoms with Crippen molar-refractivity contribution in [2.24, 2.45) is 0 Å². The molecule has 76 heavy (non-hydrogen) atoms. The van der Waals surface area contributed by atoms with Gasteiger partial charge in [0.2, 0.25) is 0 Å². The molecule has 15 rings (SSSR count). The Bertz CT molecular complexity index is 3920. The average molecular weight is 1010 g/mol. The molecule has 0 saturated heterocycles. The first-order valence-electron chi connectivity index (χ1n) is 29.1. The Morgan fingerprint density at radius 3 is 1.84 bits per heavy atom. The summed E-state index contributed by atoms with van der Waals surface area (Å²) in [7, 11) is 0. The lowest BCUT2D eigenvalue weighted by molar-refractivity contribution is 0.195. The maximum absolute atomic E-state index is 2.90. The molecule has 0 amide bonds. The summed E-state index contributed by atoms with van der Waals surface area (Å²) in [6.07, 6.45) is 9.52. The summed E-state index contributed by atoms with van der Waals surface area (Å²) in [6, 6.07) is 45.4. The van der Waals surface area contributed by atoms with Gasteiger partial charge in [0.05, 0.1) is 11.2 Å². The zero-order valence-electron chi connectivity index (χ0n) is 47.9. The van der Waals surface area contributed by atoms with Gasteiger partial charge in [-0.2, -0.15) is 0 Å². The summed E-state index contributed by atoms with van der Waals surface area (Å²) in [6.45, 7) is 35.2. The van der Waals surface area contributed by atoms with Gasteiger partial charge in [0, 0.05) is 70.8 Å². The monoisotopic (exact) mass is 1010 g/mol. The number of fused-ring (bicyclic) bond motifs is 17. The molecular formula is C71H76BN3S. The highest BCUT2D eigenvalue weighted by atomic mass is 32.1. The molecule has 1 saturated carbocycles. The number of nitrogens with zero attached hydrogens (tertiary/aromatic N) is 3. The van der Waals surface area contributed by atoms with E-state index in [9.17, 15) is 0 Å². The van der Waals surface area contributed by atoms with Crippen LogP contribution in [0.25, 0.3) is 20.2 Å². The molecule has 7 aromatic carbocycles. The van der Waals surface area contributed by atoms with E-state index >= 15 is 0 Å². The van der Waals surface area contributed by atoms with E-state index in [0.29, 0.717) is 0 Å². The highest BCUT2D eigenvalue weighted by Gasteiger charge is 2.59. The van der Waals surface area contributed by atoms with Crippen molar-refractivity contribution >= 4 is 100 Å². The number of hydrogen-bond donors (Lipinski definition) is 0. The summed E-state index contributed by atoms with van der Waals surface area (Å²) in [5.41, 5.74) is 28.0. The highest BCUT2D eigenvalue weighted by Crippen LogP contribution is 2.64. The summed E-state index contributed by atoms with van der Waals surface area (Å²) in [5, 5.41) is 2.69. The first kappa shape index (κ1) is 47.4. The van der Waals surface area contributed by atoms with Gasteiger partial charge in [0.25, 0.3) is 6.71 Å². The van der Waals surface area contributed by atoms with Crippen LogP contribution in [-0.4, -0.2) is 12.3 Å². The smallest absolute Gasteiger partial charge is 0.252 e. The lowest BCUT2D eigenvalue weighted by Crippen LogP contribution is -2.62. The number of thiophene rings is 1. The predicted molar refractivity (Wildman–Crippen MR) is 328 cm³/mol. The van der Waals surface area contributed by atoms with Crippen molar-refractivity contribution in [2.75, 3.05) is 14.7 Å². The largest absolute Gasteiger partial charge is 0.334 e. The van der Waals surface area contributed by atoms with Crippen LogP contribution < -0.4 is 31.1 Å². The first-order valence-corrected chi connectivity index (χ1v) is 29.9. The van der Waals surface area contributed by atoms with Crippen LogP contribution >= 0.6 is 11.3 Å². The highest BCUT2D eigenvalue weighted by molar-refractivity contribution is 7.26. The van der Waals surface area contributed by atoms with Crippen LogP contribution in [0.5, 0.6) is 0 Å². The summed E-state index contributed by atoms with van der Waals surface area (Å²) < 4.78 is 2.68. The molecule has 0 N–H and O–H groups in total. The Kier molecular flexibility index (Phi) is 9.28. The van der Waals surface area contributed by atoms with Crippen LogP contribution in [0.3, 0.4) is 0 Å². The SMILES string of the molecule is Cc1cc2c3c(c1)N(c1cccc4sc5ccccc5c14)c1cc4c(cc1B3c1ccc3cc1N2c1cc2c(cc1C)C(C)(C)CCC2(C)c1cc2c(cc1C(C)(C)C)C1(C)CCCCC1(C)N32)C(C)(C)CCC4(C)C. The zero-order chi connectivity index (χ0) is 52.8. The van der Waals surface area contributed by atoms with Crippen LogP contribution in [0.15, 0.2) is 109 Å². The van der Waals surface area contributed by atoms with Gasteiger partial charge in [-0.1, -0.05) is 138 Å². The summed E-state index contributed by atoms with van der Waals surface area (Å²) >= 11 is 1.93. The molecule has 5 heteroatoms. The van der Waals surface area contributed by atoms with Crippen LogP contribution in [0.1, 0.15) is 185 Å². The molecule has 1 aromatic heterocycles. The van der Waals surface area contributed by atoms with Crippen molar-refractivity contribution in [1.82, 2.24) is 0 Å². The van der Waals surface area contributed by atoms with Crippen LogP contribution in [0.2, 0.25) is 0 Å². The van der Waals surface area contributed by atoms with Gasteiger partial charge in [0.15, 0.2) is 0 Å². The minimum atomic E-state index is -0.205. The van der Waals surface area contributed by atoms with E-state index in [1.165, 1.54) is 165 Å². The second-order valence-electron chi connectivity index (χ2n) is 28.8. The van der Waals surface area contributed by atoms with E-state index < -0.39 is 0 Å². The van der Waals surface area contributed by atoms with E-state index in [2.05, 4.69) is 221 Å². The van der Waals surface area contributed by atoms with Crippen molar-refractivity contribution in [1.29, 1.82) is 0 Å². The number of anilines is 8. The average Bonchev–Trinajstić information content (AvgIpc) is 3.48. The quantitative estimate of drug-likeness (QED) is 0.152. The van der Waals surface area contributed by atoms with Gasteiger partial charge in [0.1, 0.15) is 0 Å². The van der Waals surface area contributed by atoms with Crippen molar-refractivity contribution in [3.05, 3.63) is 159 Å². The Morgan fingerprint density at radius 2 is 1.11 bits per heavy atom. The standard InChI is InChI=1S/C71H76BN3S/c1-41-32-59-64-60(33-41)74-55-39-50-46(34-42(55)2)68(10,11)30-31-69(50,12)49-40-56-51(36-45(49)65(3,4)5)70(13)26-17-18-27-71(70,14)75(56)43-24-25-52(57(74)35-43)72(64)53-37-47-48(67(8,9)29-28-66(47,6)7)38-58(53)73(59)54-21-19-23-62-63(54)44-20-15-16-22-61(44)76-62/h15-16,19-25,32-40H,17-18,26-31H2,1-14H3. The van der Waals surface area contributed by atoms with Crippen LogP contribution in [0, 0.1) is 13.8 Å². The molecule has 3 aliphatic carbocycles. The van der Waals surface area contributed by atoms with E-state index in [1.807, 2.05) is 11.3 Å². The van der Waals surface area contributed by atoms with Gasteiger partial charge in [-0.05, 0) is 208 Å². The fourth-order valence-corrected chi connectivity index (χ4v) is 18.2. The normalized spacial score (nSPS) is 24.7. The molecular weight excluding hydrogens is 938 g/mol. The molecule has 3 nitrogen and oxygen atoms in total. The number of hydrogen-bond acceptors (Lipinski definition) is 4. The predicted octanol–water partition coefficient (Wildman–Crippen LogP) is 17.8. The molecule has 3 atom stereocenters. The number of rotatable bonds is 1. The first-order chi connectivity index (χ1) is 35.9. The minimum absolute atomic E-state index is 0.00434. The Hall–Kier alpha value is -5.78. The Labute approximate surface area is 457 Å². The van der Waals surface area contributed by atoms with Gasteiger partial charge in [-0.3, -0.25) is 0 Å².